The number of urea groups is 1. The minimum atomic E-state index is -0.850. The second kappa shape index (κ2) is 12.6. The molecule has 1 aromatic heterocycles. The van der Waals surface area contributed by atoms with Crippen molar-refractivity contribution in [1.29, 1.82) is 0 Å². The summed E-state index contributed by atoms with van der Waals surface area (Å²) in [4.78, 5) is 34.1. The first-order valence-corrected chi connectivity index (χ1v) is 15.2. The van der Waals surface area contributed by atoms with Crippen molar-refractivity contribution in [3.05, 3.63) is 82.8 Å². The van der Waals surface area contributed by atoms with Gasteiger partial charge in [0, 0.05) is 50.2 Å². The lowest BCUT2D eigenvalue weighted by Gasteiger charge is -2.39. The van der Waals surface area contributed by atoms with Gasteiger partial charge in [-0.15, -0.1) is 0 Å². The fourth-order valence-electron chi connectivity index (χ4n) is 6.26. The minimum Gasteiger partial charge on any atom is -0.347 e. The summed E-state index contributed by atoms with van der Waals surface area (Å²) in [6.45, 7) is 10.3. The molecule has 0 aliphatic carbocycles. The van der Waals surface area contributed by atoms with E-state index in [0.29, 0.717) is 25.9 Å². The average molecular weight is 600 g/mol. The Labute approximate surface area is 259 Å². The van der Waals surface area contributed by atoms with Gasteiger partial charge in [-0.25, -0.2) is 9.18 Å². The van der Waals surface area contributed by atoms with Crippen molar-refractivity contribution in [3.8, 4) is 22.4 Å². The number of amides is 2. The van der Waals surface area contributed by atoms with Crippen LogP contribution in [0.4, 0.5) is 9.18 Å². The van der Waals surface area contributed by atoms with E-state index in [1.807, 2.05) is 49.1 Å². The Kier molecular flexibility index (Phi) is 9.05. The van der Waals surface area contributed by atoms with Crippen molar-refractivity contribution < 1.29 is 23.5 Å². The van der Waals surface area contributed by atoms with E-state index in [0.717, 1.165) is 44.8 Å². The molecule has 232 valence electrons. The zero-order valence-electron chi connectivity index (χ0n) is 26.7. The van der Waals surface area contributed by atoms with Gasteiger partial charge in [0.15, 0.2) is 5.79 Å². The quantitative estimate of drug-likeness (QED) is 0.292. The maximum absolute atomic E-state index is 14.2. The van der Waals surface area contributed by atoms with E-state index in [9.17, 15) is 14.0 Å². The van der Waals surface area contributed by atoms with E-state index >= 15 is 0 Å². The summed E-state index contributed by atoms with van der Waals surface area (Å²) in [5.74, 6) is -1.04. The summed E-state index contributed by atoms with van der Waals surface area (Å²) in [6, 6.07) is 14.5. The molecular weight excluding hydrogens is 557 g/mol. The van der Waals surface area contributed by atoms with Crippen LogP contribution in [-0.4, -0.2) is 58.7 Å². The number of halogens is 1. The van der Waals surface area contributed by atoms with E-state index < -0.39 is 5.79 Å². The van der Waals surface area contributed by atoms with E-state index in [2.05, 4.69) is 19.9 Å². The Hall–Kier alpha value is -3.88. The van der Waals surface area contributed by atoms with E-state index in [4.69, 9.17) is 14.5 Å². The molecule has 1 fully saturated rings. The molecule has 7 nitrogen and oxygen atoms in total. The Morgan fingerprint density at radius 3 is 2.45 bits per heavy atom. The van der Waals surface area contributed by atoms with Gasteiger partial charge in [-0.3, -0.25) is 9.78 Å². The molecule has 2 amide bonds. The Morgan fingerprint density at radius 2 is 1.80 bits per heavy atom. The van der Waals surface area contributed by atoms with Crippen LogP contribution in [0.5, 0.6) is 0 Å². The first-order chi connectivity index (χ1) is 20.8. The number of hydrogen-bond donors (Lipinski definition) is 0. The monoisotopic (exact) mass is 599 g/mol. The highest BCUT2D eigenvalue weighted by molar-refractivity contribution is 5.87. The summed E-state index contributed by atoms with van der Waals surface area (Å²) in [5, 5.41) is 0. The van der Waals surface area contributed by atoms with Crippen LogP contribution in [0.3, 0.4) is 0 Å². The zero-order chi connectivity index (χ0) is 31.8. The number of aromatic nitrogens is 1. The number of nitrogens with zero attached hydrogens (tertiary/aromatic N) is 3. The maximum Gasteiger partial charge on any atom is 0.320 e. The Morgan fingerprint density at radius 1 is 1.09 bits per heavy atom. The third-order valence-corrected chi connectivity index (χ3v) is 8.05. The second-order valence-corrected chi connectivity index (χ2v) is 12.8. The second-order valence-electron chi connectivity index (χ2n) is 12.8. The molecule has 0 bridgehead atoms. The Balaban J connectivity index is 1.74. The van der Waals surface area contributed by atoms with Crippen molar-refractivity contribution in [2.45, 2.75) is 84.5 Å². The number of benzene rings is 2. The SMILES string of the molecule is CC(=O)C[C@H]1C[C@@H](/C=C/c2c(C(C)C)nc3c(c2-c2ccc(F)cc2)CN(C(=O)N(C)C)Cc2ccccc2-3)OC(C)(C)O1. The van der Waals surface area contributed by atoms with Crippen LogP contribution in [-0.2, 0) is 27.4 Å². The van der Waals surface area contributed by atoms with Crippen LogP contribution in [0, 0.1) is 5.82 Å². The fraction of sp³-hybridized carbons (Fsp3) is 0.417. The number of rotatable bonds is 6. The number of ether oxygens (including phenoxy) is 2. The fourth-order valence-corrected chi connectivity index (χ4v) is 6.26. The maximum atomic E-state index is 14.2. The average Bonchev–Trinajstić information content (AvgIpc) is 3.11. The highest BCUT2D eigenvalue weighted by Crippen LogP contribution is 2.42. The molecule has 2 aromatic carbocycles. The van der Waals surface area contributed by atoms with Gasteiger partial charge < -0.3 is 19.3 Å². The van der Waals surface area contributed by atoms with E-state index in [-0.39, 0.29) is 35.8 Å². The van der Waals surface area contributed by atoms with Crippen LogP contribution in [0.1, 0.15) is 75.8 Å². The summed E-state index contributed by atoms with van der Waals surface area (Å²) in [7, 11) is 3.51. The highest BCUT2D eigenvalue weighted by Gasteiger charge is 2.35. The molecule has 0 radical (unpaired) electrons. The van der Waals surface area contributed by atoms with Gasteiger partial charge in [0.1, 0.15) is 11.6 Å². The summed E-state index contributed by atoms with van der Waals surface area (Å²) in [6.07, 6.45) is 4.39. The zero-order valence-corrected chi connectivity index (χ0v) is 26.7. The van der Waals surface area contributed by atoms with Gasteiger partial charge in [-0.05, 0) is 55.5 Å². The van der Waals surface area contributed by atoms with Crippen LogP contribution >= 0.6 is 0 Å². The molecule has 3 aromatic rings. The van der Waals surface area contributed by atoms with Gasteiger partial charge in [-0.1, -0.05) is 62.4 Å². The number of carbonyl (C=O) groups is 2. The molecular formula is C36H42FN3O4. The molecule has 8 heteroatoms. The predicted molar refractivity (Wildman–Crippen MR) is 170 cm³/mol. The topological polar surface area (TPSA) is 72.0 Å². The van der Waals surface area contributed by atoms with Crippen LogP contribution in [0.2, 0.25) is 0 Å². The first kappa shape index (κ1) is 31.5. The van der Waals surface area contributed by atoms with Crippen molar-refractivity contribution in [1.82, 2.24) is 14.8 Å². The first-order valence-electron chi connectivity index (χ1n) is 15.2. The smallest absolute Gasteiger partial charge is 0.320 e. The van der Waals surface area contributed by atoms with Crippen LogP contribution in [0.25, 0.3) is 28.5 Å². The number of carbonyl (C=O) groups excluding carboxylic acids is 2. The van der Waals surface area contributed by atoms with Gasteiger partial charge in [-0.2, -0.15) is 0 Å². The molecule has 2 aliphatic rings. The van der Waals surface area contributed by atoms with E-state index in [1.54, 1.807) is 38.1 Å². The molecule has 5 rings (SSSR count). The molecule has 1 saturated heterocycles. The lowest BCUT2D eigenvalue weighted by molar-refractivity contribution is -0.289. The third kappa shape index (κ3) is 6.76. The van der Waals surface area contributed by atoms with Crippen LogP contribution < -0.4 is 0 Å². The third-order valence-electron chi connectivity index (χ3n) is 8.05. The van der Waals surface area contributed by atoms with Crippen LogP contribution in [0.15, 0.2) is 54.6 Å². The van der Waals surface area contributed by atoms with Gasteiger partial charge in [0.05, 0.1) is 30.1 Å². The number of fused-ring (bicyclic) bond motifs is 3. The standard InChI is InChI=1S/C36H42FN3O4/c1-22(2)33-30(17-16-27-19-28(18-23(3)41)44-36(4,5)43-27)32(24-12-14-26(37)15-13-24)31-21-40(35(42)39(6)7)20-25-10-8-9-11-29(25)34(31)38-33/h8-17,22,27-28H,18-21H2,1-7H3/b17-16+/t27-,28+/m1/s1. The van der Waals surface area contributed by atoms with Gasteiger partial charge in [0.2, 0.25) is 0 Å². The molecule has 0 unspecified atom stereocenters. The van der Waals surface area contributed by atoms with E-state index in [1.165, 1.54) is 12.1 Å². The molecule has 2 aliphatic heterocycles. The van der Waals surface area contributed by atoms with Crippen molar-refractivity contribution in [3.63, 3.8) is 0 Å². The molecule has 3 heterocycles. The van der Waals surface area contributed by atoms with Crippen molar-refractivity contribution in [2.24, 2.45) is 0 Å². The van der Waals surface area contributed by atoms with Crippen molar-refractivity contribution in [2.75, 3.05) is 14.1 Å². The predicted octanol–water partition coefficient (Wildman–Crippen LogP) is 7.58. The summed E-state index contributed by atoms with van der Waals surface area (Å²) >= 11 is 0. The number of Topliss-reactive ketones (excluding diaryl/α,β-unsaturated/α-hetero) is 1. The molecule has 0 spiro atoms. The largest absolute Gasteiger partial charge is 0.347 e. The summed E-state index contributed by atoms with van der Waals surface area (Å²) in [5.41, 5.74) is 7.29. The minimum absolute atomic E-state index is 0.0617. The molecule has 0 N–H and O–H groups in total. The highest BCUT2D eigenvalue weighted by atomic mass is 19.1. The Bertz CT molecular complexity index is 1580. The lowest BCUT2D eigenvalue weighted by atomic mass is 9.87. The molecule has 0 saturated carbocycles. The lowest BCUT2D eigenvalue weighted by Crippen LogP contribution is -2.44. The van der Waals surface area contributed by atoms with Gasteiger partial charge >= 0.3 is 6.03 Å². The summed E-state index contributed by atoms with van der Waals surface area (Å²) < 4.78 is 26.5. The molecule has 2 atom stereocenters. The number of pyridine rings is 1. The molecule has 44 heavy (non-hydrogen) atoms. The number of hydrogen-bond acceptors (Lipinski definition) is 5. The van der Waals surface area contributed by atoms with Gasteiger partial charge in [0.25, 0.3) is 0 Å². The van der Waals surface area contributed by atoms with Crippen molar-refractivity contribution >= 4 is 17.9 Å². The number of ketones is 1. The normalized spacial score (nSPS) is 19.4.